The van der Waals surface area contributed by atoms with Crippen LogP contribution in [0.25, 0.3) is 0 Å². The largest absolute Gasteiger partial charge is 0.465 e. The molecular weight excluding hydrogens is 296 g/mol. The lowest BCUT2D eigenvalue weighted by Crippen LogP contribution is -2.26. The number of esters is 1. The van der Waals surface area contributed by atoms with E-state index in [0.29, 0.717) is 6.61 Å². The molecule has 3 nitrogen and oxygen atoms in total. The molecule has 1 aromatic carbocycles. The number of rotatable bonds is 7. The molecule has 0 spiro atoms. The van der Waals surface area contributed by atoms with Gasteiger partial charge in [0.1, 0.15) is 16.9 Å². The minimum absolute atomic E-state index is 0.0465. The van der Waals surface area contributed by atoms with Crippen molar-refractivity contribution in [2.24, 2.45) is 5.92 Å². The monoisotopic (exact) mass is 317 g/mol. The third-order valence-electron chi connectivity index (χ3n) is 2.89. The van der Waals surface area contributed by atoms with Gasteiger partial charge in [0.2, 0.25) is 0 Å². The summed E-state index contributed by atoms with van der Waals surface area (Å²) in [4.78, 5) is 12.2. The minimum atomic E-state index is -0.802. The summed E-state index contributed by atoms with van der Waals surface area (Å²) < 4.78 is 32.1. The number of anilines is 1. The molecular formula is C15H21F2NO2S. The zero-order valence-corrected chi connectivity index (χ0v) is 13.3. The number of hydrogen-bond donors (Lipinski definition) is 1. The zero-order valence-electron chi connectivity index (χ0n) is 12.5. The highest BCUT2D eigenvalue weighted by Gasteiger charge is 2.26. The van der Waals surface area contributed by atoms with Crippen molar-refractivity contribution in [2.45, 2.75) is 43.8 Å². The maximum atomic E-state index is 13.8. The Morgan fingerprint density at radius 3 is 2.57 bits per heavy atom. The minimum Gasteiger partial charge on any atom is -0.465 e. The van der Waals surface area contributed by atoms with Crippen molar-refractivity contribution in [1.82, 2.24) is 0 Å². The Kier molecular flexibility index (Phi) is 6.95. The van der Waals surface area contributed by atoms with Crippen molar-refractivity contribution in [2.75, 3.05) is 12.3 Å². The number of nitrogens with two attached hydrogens (primary N) is 1. The molecule has 2 N–H and O–H groups in total. The highest BCUT2D eigenvalue weighted by Crippen LogP contribution is 2.33. The van der Waals surface area contributed by atoms with Gasteiger partial charge in [-0.15, -0.1) is 11.8 Å². The van der Waals surface area contributed by atoms with E-state index in [1.807, 2.05) is 20.8 Å². The fraction of sp³-hybridized carbons (Fsp3) is 0.533. The van der Waals surface area contributed by atoms with Gasteiger partial charge in [0.05, 0.1) is 12.3 Å². The van der Waals surface area contributed by atoms with Crippen molar-refractivity contribution in [3.63, 3.8) is 0 Å². The SMILES string of the molecule is CCCCOC(=O)C(Sc1cc(N)c(F)cc1F)C(C)C. The van der Waals surface area contributed by atoms with Gasteiger partial charge in [-0.05, 0) is 18.4 Å². The number of carbonyl (C=O) groups excluding carboxylic acids is 1. The molecule has 0 bridgehead atoms. The van der Waals surface area contributed by atoms with Gasteiger partial charge >= 0.3 is 5.97 Å². The Morgan fingerprint density at radius 1 is 1.33 bits per heavy atom. The molecule has 0 aliphatic heterocycles. The van der Waals surface area contributed by atoms with Crippen LogP contribution < -0.4 is 5.73 Å². The first kappa shape index (κ1) is 17.8. The Balaban J connectivity index is 2.83. The second kappa shape index (κ2) is 8.22. The van der Waals surface area contributed by atoms with Crippen LogP contribution in [0, 0.1) is 17.6 Å². The molecule has 1 unspecified atom stereocenters. The molecule has 0 aromatic heterocycles. The van der Waals surface area contributed by atoms with Crippen molar-refractivity contribution < 1.29 is 18.3 Å². The zero-order chi connectivity index (χ0) is 16.0. The number of unbranched alkanes of at least 4 members (excludes halogenated alkanes) is 1. The van der Waals surface area contributed by atoms with Gasteiger partial charge in [-0.3, -0.25) is 4.79 Å². The lowest BCUT2D eigenvalue weighted by Gasteiger charge is -2.19. The first-order valence-corrected chi connectivity index (χ1v) is 7.82. The van der Waals surface area contributed by atoms with Crippen LogP contribution in [-0.2, 0) is 9.53 Å². The van der Waals surface area contributed by atoms with E-state index in [2.05, 4.69) is 0 Å². The summed E-state index contributed by atoms with van der Waals surface area (Å²) in [6.07, 6.45) is 1.72. The van der Waals surface area contributed by atoms with Crippen LogP contribution in [0.5, 0.6) is 0 Å². The third kappa shape index (κ3) is 5.19. The Morgan fingerprint density at radius 2 is 2.00 bits per heavy atom. The van der Waals surface area contributed by atoms with Gasteiger partial charge in [0.15, 0.2) is 0 Å². The summed E-state index contributed by atoms with van der Waals surface area (Å²) in [5.74, 6) is -1.96. The van der Waals surface area contributed by atoms with E-state index < -0.39 is 16.9 Å². The highest BCUT2D eigenvalue weighted by atomic mass is 32.2. The van der Waals surface area contributed by atoms with Gasteiger partial charge in [0.25, 0.3) is 0 Å². The second-order valence-corrected chi connectivity index (χ2v) is 6.29. The number of hydrogen-bond acceptors (Lipinski definition) is 4. The third-order valence-corrected chi connectivity index (χ3v) is 4.44. The van der Waals surface area contributed by atoms with Crippen LogP contribution in [-0.4, -0.2) is 17.8 Å². The van der Waals surface area contributed by atoms with Crippen molar-refractivity contribution in [1.29, 1.82) is 0 Å². The Hall–Kier alpha value is -1.30. The number of carbonyl (C=O) groups is 1. The smallest absolute Gasteiger partial charge is 0.319 e. The molecule has 0 fully saturated rings. The van der Waals surface area contributed by atoms with Crippen LogP contribution in [0.3, 0.4) is 0 Å². The van der Waals surface area contributed by atoms with E-state index in [4.69, 9.17) is 10.5 Å². The maximum absolute atomic E-state index is 13.8. The van der Waals surface area contributed by atoms with E-state index in [0.717, 1.165) is 30.7 Å². The van der Waals surface area contributed by atoms with E-state index in [1.165, 1.54) is 6.07 Å². The molecule has 0 saturated heterocycles. The molecule has 21 heavy (non-hydrogen) atoms. The summed E-state index contributed by atoms with van der Waals surface area (Å²) in [6, 6.07) is 1.95. The van der Waals surface area contributed by atoms with Crippen molar-refractivity contribution in [3.8, 4) is 0 Å². The summed E-state index contributed by atoms with van der Waals surface area (Å²) in [6.45, 7) is 6.05. The number of benzene rings is 1. The Bertz CT molecular complexity index is 495. The lowest BCUT2D eigenvalue weighted by molar-refractivity contribution is -0.143. The molecule has 118 valence electrons. The number of halogens is 2. The topological polar surface area (TPSA) is 52.3 Å². The molecule has 1 rings (SSSR count). The molecule has 1 aromatic rings. The van der Waals surface area contributed by atoms with Crippen LogP contribution in [0.2, 0.25) is 0 Å². The highest BCUT2D eigenvalue weighted by molar-refractivity contribution is 8.00. The fourth-order valence-electron chi connectivity index (χ4n) is 1.63. The van der Waals surface area contributed by atoms with Crippen molar-refractivity contribution >= 4 is 23.4 Å². The van der Waals surface area contributed by atoms with Gasteiger partial charge in [-0.25, -0.2) is 8.78 Å². The number of ether oxygens (including phenoxy) is 1. The van der Waals surface area contributed by atoms with Crippen molar-refractivity contribution in [3.05, 3.63) is 23.8 Å². The molecule has 0 aliphatic carbocycles. The van der Waals surface area contributed by atoms with Crippen LogP contribution in [0.4, 0.5) is 14.5 Å². The predicted molar refractivity (Wildman–Crippen MR) is 81.1 cm³/mol. The van der Waals surface area contributed by atoms with Gasteiger partial charge in [-0.2, -0.15) is 0 Å². The molecule has 0 heterocycles. The standard InChI is InChI=1S/C15H21F2NO2S/c1-4-5-6-20-15(19)14(9(2)3)21-13-8-12(18)10(16)7-11(13)17/h7-9,14H,4-6,18H2,1-3H3. The Labute approximate surface area is 128 Å². The maximum Gasteiger partial charge on any atom is 0.319 e. The van der Waals surface area contributed by atoms with Crippen LogP contribution in [0.15, 0.2) is 17.0 Å². The van der Waals surface area contributed by atoms with E-state index in [-0.39, 0.29) is 22.5 Å². The predicted octanol–water partition coefficient (Wildman–Crippen LogP) is 4.01. The molecule has 0 aliphatic rings. The molecule has 0 amide bonds. The number of nitrogen functional groups attached to an aromatic ring is 1. The quantitative estimate of drug-likeness (QED) is 0.357. The van der Waals surface area contributed by atoms with E-state index in [9.17, 15) is 13.6 Å². The molecule has 0 radical (unpaired) electrons. The summed E-state index contributed by atoms with van der Waals surface area (Å²) >= 11 is 1.02. The van der Waals surface area contributed by atoms with Gasteiger partial charge < -0.3 is 10.5 Å². The molecule has 0 saturated carbocycles. The molecule has 1 atom stereocenters. The van der Waals surface area contributed by atoms with E-state index >= 15 is 0 Å². The first-order chi connectivity index (χ1) is 9.86. The van der Waals surface area contributed by atoms with E-state index in [1.54, 1.807) is 0 Å². The normalized spacial score (nSPS) is 12.5. The average Bonchev–Trinajstić information content (AvgIpc) is 2.41. The lowest BCUT2D eigenvalue weighted by atomic mass is 10.1. The van der Waals surface area contributed by atoms with Crippen LogP contribution >= 0.6 is 11.8 Å². The van der Waals surface area contributed by atoms with Gasteiger partial charge in [0, 0.05) is 11.0 Å². The average molecular weight is 317 g/mol. The first-order valence-electron chi connectivity index (χ1n) is 6.94. The molecule has 6 heteroatoms. The summed E-state index contributed by atoms with van der Waals surface area (Å²) in [5, 5.41) is -0.554. The summed E-state index contributed by atoms with van der Waals surface area (Å²) in [7, 11) is 0. The number of thioether (sulfide) groups is 1. The summed E-state index contributed by atoms with van der Waals surface area (Å²) in [5.41, 5.74) is 5.31. The second-order valence-electron chi connectivity index (χ2n) is 5.11. The fourth-order valence-corrected chi connectivity index (χ4v) is 2.70. The van der Waals surface area contributed by atoms with Crippen LogP contribution in [0.1, 0.15) is 33.6 Å². The van der Waals surface area contributed by atoms with Gasteiger partial charge in [-0.1, -0.05) is 27.2 Å².